The molecular weight excluding hydrogens is 341 g/mol. The van der Waals surface area contributed by atoms with Crippen LogP contribution in [0.25, 0.3) is 0 Å². The highest BCUT2D eigenvalue weighted by Gasteiger charge is 2.38. The second kappa shape index (κ2) is 6.39. The summed E-state index contributed by atoms with van der Waals surface area (Å²) in [6.45, 7) is 1.53. The van der Waals surface area contributed by atoms with E-state index in [0.717, 1.165) is 19.2 Å². The van der Waals surface area contributed by atoms with Crippen LogP contribution in [0.2, 0.25) is 0 Å². The van der Waals surface area contributed by atoms with Gasteiger partial charge in [0.1, 0.15) is 5.92 Å². The van der Waals surface area contributed by atoms with Gasteiger partial charge in [0.15, 0.2) is 5.78 Å². The lowest BCUT2D eigenvalue weighted by Crippen LogP contribution is -2.27. The Hall–Kier alpha value is -1.37. The molecule has 0 heterocycles. The smallest absolute Gasteiger partial charge is 0.417 e. The summed E-state index contributed by atoms with van der Waals surface area (Å²) in [4.78, 5) is 23.6. The zero-order chi connectivity index (χ0) is 15.5. The van der Waals surface area contributed by atoms with Gasteiger partial charge in [0, 0.05) is 10.0 Å². The predicted octanol–water partition coefficient (Wildman–Crippen LogP) is 3.85. The first-order valence-electron chi connectivity index (χ1n) is 5.71. The average Bonchev–Trinajstić information content (AvgIpc) is 2.37. The number of rotatable bonds is 4. The van der Waals surface area contributed by atoms with Gasteiger partial charge in [-0.2, -0.15) is 13.2 Å². The maximum atomic E-state index is 12.9. The number of esters is 1. The number of halogens is 4. The molecule has 3 nitrogen and oxygen atoms in total. The molecule has 0 saturated heterocycles. The molecule has 1 aromatic rings. The van der Waals surface area contributed by atoms with Gasteiger partial charge in [0.25, 0.3) is 0 Å². The Morgan fingerprint density at radius 1 is 1.35 bits per heavy atom. The summed E-state index contributed by atoms with van der Waals surface area (Å²) in [7, 11) is 1.09. The van der Waals surface area contributed by atoms with Crippen LogP contribution in [0.1, 0.15) is 29.3 Å². The van der Waals surface area contributed by atoms with Crippen LogP contribution >= 0.6 is 15.9 Å². The monoisotopic (exact) mass is 352 g/mol. The third-order valence-corrected chi connectivity index (χ3v) is 3.26. The Labute approximate surface area is 122 Å². The van der Waals surface area contributed by atoms with Gasteiger partial charge in [-0.15, -0.1) is 0 Å². The molecule has 0 spiro atoms. The quantitative estimate of drug-likeness (QED) is 0.469. The number of ether oxygens (including phenoxy) is 1. The maximum absolute atomic E-state index is 12.9. The van der Waals surface area contributed by atoms with Crippen LogP contribution in [0, 0.1) is 5.92 Å². The molecule has 1 rings (SSSR count). The Morgan fingerprint density at radius 3 is 2.40 bits per heavy atom. The molecule has 0 aromatic heterocycles. The van der Waals surface area contributed by atoms with Crippen molar-refractivity contribution in [1.29, 1.82) is 0 Å². The van der Waals surface area contributed by atoms with Crippen molar-refractivity contribution in [2.24, 2.45) is 5.92 Å². The minimum absolute atomic E-state index is 0.0683. The number of benzene rings is 1. The summed E-state index contributed by atoms with van der Waals surface area (Å²) in [5, 5.41) is 0. The lowest BCUT2D eigenvalue weighted by atomic mass is 9.92. The van der Waals surface area contributed by atoms with Crippen LogP contribution in [0.15, 0.2) is 22.7 Å². The zero-order valence-corrected chi connectivity index (χ0v) is 12.3. The standard InChI is InChI=1S/C13H12BrF3O3/c1-3-8(12(19)20-2)11(18)9-5-4-7(14)6-10(9)13(15,16)17/h4-6,8H,3H2,1-2H3. The molecule has 7 heteroatoms. The van der Waals surface area contributed by atoms with Gasteiger partial charge in [-0.05, 0) is 24.6 Å². The van der Waals surface area contributed by atoms with Gasteiger partial charge in [-0.3, -0.25) is 9.59 Å². The van der Waals surface area contributed by atoms with Crippen LogP contribution in [0.3, 0.4) is 0 Å². The number of hydrogen-bond donors (Lipinski definition) is 0. The molecule has 0 aliphatic carbocycles. The van der Waals surface area contributed by atoms with Crippen LogP contribution < -0.4 is 0 Å². The van der Waals surface area contributed by atoms with Crippen molar-refractivity contribution in [1.82, 2.24) is 0 Å². The first-order valence-corrected chi connectivity index (χ1v) is 6.50. The van der Waals surface area contributed by atoms with Crippen molar-refractivity contribution in [3.05, 3.63) is 33.8 Å². The molecule has 0 N–H and O–H groups in total. The van der Waals surface area contributed by atoms with Gasteiger partial charge >= 0.3 is 12.1 Å². The van der Waals surface area contributed by atoms with E-state index in [1.54, 1.807) is 0 Å². The molecule has 1 aromatic carbocycles. The highest BCUT2D eigenvalue weighted by atomic mass is 79.9. The van der Waals surface area contributed by atoms with E-state index < -0.39 is 35.0 Å². The molecule has 0 amide bonds. The Bertz CT molecular complexity index is 526. The normalized spacial score (nSPS) is 12.9. The van der Waals surface area contributed by atoms with Crippen molar-refractivity contribution in [3.8, 4) is 0 Å². The van der Waals surface area contributed by atoms with E-state index in [0.29, 0.717) is 0 Å². The molecule has 1 unspecified atom stereocenters. The van der Waals surface area contributed by atoms with Gasteiger partial charge in [-0.25, -0.2) is 0 Å². The summed E-state index contributed by atoms with van der Waals surface area (Å²) in [5.74, 6) is -2.96. The molecule has 0 radical (unpaired) electrons. The van der Waals surface area contributed by atoms with Gasteiger partial charge in [0.05, 0.1) is 12.7 Å². The predicted molar refractivity (Wildman–Crippen MR) is 69.3 cm³/mol. The minimum atomic E-state index is -4.68. The molecule has 1 atom stereocenters. The Morgan fingerprint density at radius 2 is 1.95 bits per heavy atom. The van der Waals surface area contributed by atoms with Crippen molar-refractivity contribution in [3.63, 3.8) is 0 Å². The summed E-state index contributed by atoms with van der Waals surface area (Å²) in [6, 6.07) is 3.20. The number of carbonyl (C=O) groups is 2. The summed E-state index contributed by atoms with van der Waals surface area (Å²) in [6.07, 6.45) is -4.61. The Balaban J connectivity index is 3.32. The van der Waals surface area contributed by atoms with Crippen LogP contribution in [-0.4, -0.2) is 18.9 Å². The highest BCUT2D eigenvalue weighted by Crippen LogP contribution is 2.35. The van der Waals surface area contributed by atoms with Gasteiger partial charge < -0.3 is 4.74 Å². The largest absolute Gasteiger partial charge is 0.468 e. The number of methoxy groups -OCH3 is 1. The third-order valence-electron chi connectivity index (χ3n) is 2.76. The van der Waals surface area contributed by atoms with Crippen molar-refractivity contribution >= 4 is 27.7 Å². The third kappa shape index (κ3) is 3.59. The second-order valence-corrected chi connectivity index (χ2v) is 4.95. The van der Waals surface area contributed by atoms with E-state index in [2.05, 4.69) is 20.7 Å². The number of carbonyl (C=O) groups excluding carboxylic acids is 2. The van der Waals surface area contributed by atoms with E-state index in [1.165, 1.54) is 13.0 Å². The van der Waals surface area contributed by atoms with E-state index in [4.69, 9.17) is 0 Å². The van der Waals surface area contributed by atoms with E-state index in [9.17, 15) is 22.8 Å². The lowest BCUT2D eigenvalue weighted by molar-refractivity contribution is -0.144. The minimum Gasteiger partial charge on any atom is -0.468 e. The lowest BCUT2D eigenvalue weighted by Gasteiger charge is -2.16. The van der Waals surface area contributed by atoms with Crippen molar-refractivity contribution < 1.29 is 27.5 Å². The number of hydrogen-bond acceptors (Lipinski definition) is 3. The van der Waals surface area contributed by atoms with Crippen molar-refractivity contribution in [2.75, 3.05) is 7.11 Å². The summed E-state index contributed by atoms with van der Waals surface area (Å²) >= 11 is 2.93. The molecule has 0 fully saturated rings. The number of Topliss-reactive ketones (excluding diaryl/α,β-unsaturated/α-hetero) is 1. The fraction of sp³-hybridized carbons (Fsp3) is 0.385. The number of alkyl halides is 3. The van der Waals surface area contributed by atoms with Gasteiger partial charge in [0.2, 0.25) is 0 Å². The highest BCUT2D eigenvalue weighted by molar-refractivity contribution is 9.10. The molecule has 20 heavy (non-hydrogen) atoms. The summed E-state index contributed by atoms with van der Waals surface area (Å²) in [5.41, 5.74) is -1.60. The molecule has 0 saturated carbocycles. The summed E-state index contributed by atoms with van der Waals surface area (Å²) < 4.78 is 43.5. The first kappa shape index (κ1) is 16.7. The fourth-order valence-corrected chi connectivity index (χ4v) is 2.12. The zero-order valence-electron chi connectivity index (χ0n) is 10.8. The topological polar surface area (TPSA) is 43.4 Å². The average molecular weight is 353 g/mol. The Kier molecular flexibility index (Phi) is 5.33. The first-order chi connectivity index (χ1) is 9.22. The molecule has 0 aliphatic rings. The number of ketones is 1. The molecule has 110 valence electrons. The van der Waals surface area contributed by atoms with Crippen molar-refractivity contribution in [2.45, 2.75) is 19.5 Å². The van der Waals surface area contributed by atoms with Crippen LogP contribution in [-0.2, 0) is 15.7 Å². The van der Waals surface area contributed by atoms with E-state index in [-0.39, 0.29) is 10.9 Å². The van der Waals surface area contributed by atoms with Crippen LogP contribution in [0.5, 0.6) is 0 Å². The van der Waals surface area contributed by atoms with Crippen LogP contribution in [0.4, 0.5) is 13.2 Å². The second-order valence-electron chi connectivity index (χ2n) is 4.04. The van der Waals surface area contributed by atoms with E-state index in [1.807, 2.05) is 0 Å². The van der Waals surface area contributed by atoms with E-state index >= 15 is 0 Å². The SMILES string of the molecule is CCC(C(=O)OC)C(=O)c1ccc(Br)cc1C(F)(F)F. The maximum Gasteiger partial charge on any atom is 0.417 e. The molecular formula is C13H12BrF3O3. The fourth-order valence-electron chi connectivity index (χ4n) is 1.75. The molecule has 0 aliphatic heterocycles. The van der Waals surface area contributed by atoms with Gasteiger partial charge in [-0.1, -0.05) is 22.9 Å². The molecule has 0 bridgehead atoms.